The van der Waals surface area contributed by atoms with E-state index in [0.29, 0.717) is 31.3 Å². The van der Waals surface area contributed by atoms with Crippen LogP contribution in [-0.2, 0) is 38.1 Å². The van der Waals surface area contributed by atoms with Gasteiger partial charge in [0.05, 0.1) is 11.3 Å². The van der Waals surface area contributed by atoms with Crippen LogP contribution < -0.4 is 0 Å². The molecular weight excluding hydrogens is 456 g/mol. The van der Waals surface area contributed by atoms with E-state index in [9.17, 15) is 24.3 Å². The van der Waals surface area contributed by atoms with E-state index >= 15 is 0 Å². The number of hydrogen-bond donors (Lipinski definition) is 1. The van der Waals surface area contributed by atoms with E-state index in [4.69, 9.17) is 18.9 Å². The highest BCUT2D eigenvalue weighted by Crippen LogP contribution is 2.56. The summed E-state index contributed by atoms with van der Waals surface area (Å²) in [5.41, 5.74) is -1.63. The average Bonchev–Trinajstić information content (AvgIpc) is 2.95. The number of carbonyl (C=O) groups excluding carboxylic acids is 4. The lowest BCUT2D eigenvalue weighted by molar-refractivity contribution is -0.219. The summed E-state index contributed by atoms with van der Waals surface area (Å²) in [6.07, 6.45) is -0.497. The van der Waals surface area contributed by atoms with Gasteiger partial charge in [0.2, 0.25) is 0 Å². The SMILES string of the molecule is C=C1CC[C@H](OC(C)=O)[C@]2(C)[C@@H](OC(C)=O)CC/C(C)=C\[C@@H]3OC(=O)[C@H](C)[C@@]3(O)C(OC(C)=O)[C@@H]12. The molecule has 194 valence electrons. The minimum atomic E-state index is -1.94. The third-order valence-corrected chi connectivity index (χ3v) is 7.88. The molecule has 1 aliphatic heterocycles. The van der Waals surface area contributed by atoms with Gasteiger partial charge in [-0.1, -0.05) is 24.6 Å². The van der Waals surface area contributed by atoms with Crippen molar-refractivity contribution < 1.29 is 43.2 Å². The second-order valence-corrected chi connectivity index (χ2v) is 10.3. The molecule has 9 heteroatoms. The molecule has 3 rings (SSSR count). The van der Waals surface area contributed by atoms with Gasteiger partial charge in [-0.05, 0) is 45.6 Å². The van der Waals surface area contributed by atoms with Crippen molar-refractivity contribution in [2.75, 3.05) is 0 Å². The smallest absolute Gasteiger partial charge is 0.312 e. The Morgan fingerprint density at radius 1 is 1.03 bits per heavy atom. The summed E-state index contributed by atoms with van der Waals surface area (Å²) in [5.74, 6) is -4.15. The fraction of sp³-hybridized carbons (Fsp3) is 0.692. The Labute approximate surface area is 205 Å². The van der Waals surface area contributed by atoms with Gasteiger partial charge >= 0.3 is 23.9 Å². The fourth-order valence-electron chi connectivity index (χ4n) is 6.10. The molecule has 1 unspecified atom stereocenters. The zero-order chi connectivity index (χ0) is 26.3. The maximum atomic E-state index is 12.7. The highest BCUT2D eigenvalue weighted by molar-refractivity contribution is 5.77. The predicted octanol–water partition coefficient (Wildman–Crippen LogP) is 2.79. The molecule has 0 aromatic heterocycles. The first-order valence-electron chi connectivity index (χ1n) is 12.0. The molecule has 3 aliphatic rings. The lowest BCUT2D eigenvalue weighted by Crippen LogP contribution is -2.65. The number of carbonyl (C=O) groups is 4. The molecular formula is C26H36O9. The van der Waals surface area contributed by atoms with Crippen molar-refractivity contribution in [2.45, 2.75) is 97.2 Å². The van der Waals surface area contributed by atoms with Crippen molar-refractivity contribution >= 4 is 23.9 Å². The van der Waals surface area contributed by atoms with Crippen molar-refractivity contribution in [3.8, 4) is 0 Å². The van der Waals surface area contributed by atoms with Gasteiger partial charge < -0.3 is 24.1 Å². The van der Waals surface area contributed by atoms with E-state index in [2.05, 4.69) is 6.58 Å². The maximum Gasteiger partial charge on any atom is 0.312 e. The molecule has 2 aliphatic carbocycles. The van der Waals surface area contributed by atoms with E-state index in [1.54, 1.807) is 13.0 Å². The number of rotatable bonds is 3. The van der Waals surface area contributed by atoms with Gasteiger partial charge in [-0.25, -0.2) is 0 Å². The zero-order valence-corrected chi connectivity index (χ0v) is 21.3. The second kappa shape index (κ2) is 9.76. The molecule has 8 atom stereocenters. The third kappa shape index (κ3) is 4.75. The lowest BCUT2D eigenvalue weighted by atomic mass is 9.55. The normalized spacial score (nSPS) is 40.8. The fourth-order valence-corrected chi connectivity index (χ4v) is 6.10. The number of hydrogen-bond acceptors (Lipinski definition) is 9. The number of allylic oxidation sites excluding steroid dienone is 1. The minimum Gasteiger partial charge on any atom is -0.462 e. The number of fused-ring (bicyclic) bond motifs is 2. The molecule has 0 bridgehead atoms. The van der Waals surface area contributed by atoms with Crippen LogP contribution >= 0.6 is 0 Å². The molecule has 1 saturated carbocycles. The van der Waals surface area contributed by atoms with Crippen LogP contribution in [0.1, 0.15) is 67.2 Å². The Kier molecular flexibility index (Phi) is 7.50. The van der Waals surface area contributed by atoms with Crippen molar-refractivity contribution in [1.82, 2.24) is 0 Å². The Balaban J connectivity index is 2.33. The van der Waals surface area contributed by atoms with Crippen LogP contribution in [0.2, 0.25) is 0 Å². The molecule has 0 amide bonds. The quantitative estimate of drug-likeness (QED) is 0.359. The number of aliphatic hydroxyl groups is 1. The first kappa shape index (κ1) is 26.9. The first-order chi connectivity index (χ1) is 16.2. The Bertz CT molecular complexity index is 952. The van der Waals surface area contributed by atoms with Crippen LogP contribution in [0.5, 0.6) is 0 Å². The summed E-state index contributed by atoms with van der Waals surface area (Å²) in [7, 11) is 0. The van der Waals surface area contributed by atoms with Gasteiger partial charge in [0, 0.05) is 26.7 Å². The van der Waals surface area contributed by atoms with Gasteiger partial charge in [-0.15, -0.1) is 0 Å². The van der Waals surface area contributed by atoms with Crippen LogP contribution in [0.15, 0.2) is 23.8 Å². The molecule has 9 nitrogen and oxygen atoms in total. The van der Waals surface area contributed by atoms with Gasteiger partial charge in [-0.3, -0.25) is 19.2 Å². The molecule has 0 aromatic rings. The van der Waals surface area contributed by atoms with Crippen molar-refractivity contribution in [2.24, 2.45) is 17.3 Å². The standard InChI is InChI=1S/C26H36O9/c1-13-8-10-19(32-16(4)27)25(7)20(33-17(5)28)11-9-14(2)22(25)23(34-18(6)29)26(31)15(3)24(30)35-21(26)12-13/h12,15,19-23,31H,2,8-11H2,1,3-7H3/b13-12-/t15-,19-,20-,21-,22+,23?,25-,26-/m0/s1. The van der Waals surface area contributed by atoms with E-state index in [0.717, 1.165) is 5.57 Å². The van der Waals surface area contributed by atoms with Crippen LogP contribution in [-0.4, -0.2) is 59.0 Å². The van der Waals surface area contributed by atoms with E-state index in [1.165, 1.54) is 27.7 Å². The number of esters is 4. The summed E-state index contributed by atoms with van der Waals surface area (Å²) in [4.78, 5) is 49.4. The molecule has 2 fully saturated rings. The molecule has 1 saturated heterocycles. The average molecular weight is 493 g/mol. The highest BCUT2D eigenvalue weighted by atomic mass is 16.6. The van der Waals surface area contributed by atoms with Gasteiger partial charge in [0.1, 0.15) is 18.3 Å². The summed E-state index contributed by atoms with van der Waals surface area (Å²) >= 11 is 0. The molecule has 0 spiro atoms. The molecule has 0 aromatic carbocycles. The molecule has 0 radical (unpaired) electrons. The summed E-state index contributed by atoms with van der Waals surface area (Å²) < 4.78 is 23.0. The minimum absolute atomic E-state index is 0.376. The first-order valence-corrected chi connectivity index (χ1v) is 12.0. The molecule has 1 N–H and O–H groups in total. The van der Waals surface area contributed by atoms with Gasteiger partial charge in [0.15, 0.2) is 11.7 Å². The second-order valence-electron chi connectivity index (χ2n) is 10.3. The predicted molar refractivity (Wildman–Crippen MR) is 124 cm³/mol. The molecule has 1 heterocycles. The van der Waals surface area contributed by atoms with E-state index < -0.39 is 71.1 Å². The van der Waals surface area contributed by atoms with Crippen molar-refractivity contribution in [3.63, 3.8) is 0 Å². The van der Waals surface area contributed by atoms with Gasteiger partial charge in [-0.2, -0.15) is 0 Å². The van der Waals surface area contributed by atoms with Crippen LogP contribution in [0.4, 0.5) is 0 Å². The monoisotopic (exact) mass is 492 g/mol. The largest absolute Gasteiger partial charge is 0.462 e. The zero-order valence-electron chi connectivity index (χ0n) is 21.3. The maximum absolute atomic E-state index is 12.7. The summed E-state index contributed by atoms with van der Waals surface area (Å²) in [6, 6.07) is 0. The Morgan fingerprint density at radius 2 is 1.54 bits per heavy atom. The molecule has 35 heavy (non-hydrogen) atoms. The van der Waals surface area contributed by atoms with Crippen LogP contribution in [0.3, 0.4) is 0 Å². The summed E-state index contributed by atoms with van der Waals surface area (Å²) in [6.45, 7) is 13.2. The Hall–Kier alpha value is -2.68. The number of ether oxygens (including phenoxy) is 4. The Morgan fingerprint density at radius 3 is 2.06 bits per heavy atom. The van der Waals surface area contributed by atoms with E-state index in [-0.39, 0.29) is 0 Å². The van der Waals surface area contributed by atoms with Gasteiger partial charge in [0.25, 0.3) is 0 Å². The summed E-state index contributed by atoms with van der Waals surface area (Å²) in [5, 5.41) is 12.2. The highest BCUT2D eigenvalue weighted by Gasteiger charge is 2.67. The lowest BCUT2D eigenvalue weighted by Gasteiger charge is -2.55. The van der Waals surface area contributed by atoms with Crippen molar-refractivity contribution in [3.05, 3.63) is 23.8 Å². The van der Waals surface area contributed by atoms with Crippen LogP contribution in [0, 0.1) is 17.3 Å². The van der Waals surface area contributed by atoms with E-state index in [1.807, 2.05) is 6.92 Å². The van der Waals surface area contributed by atoms with Crippen molar-refractivity contribution in [1.29, 1.82) is 0 Å². The third-order valence-electron chi connectivity index (χ3n) is 7.88. The topological polar surface area (TPSA) is 125 Å². The van der Waals surface area contributed by atoms with Crippen LogP contribution in [0.25, 0.3) is 0 Å².